The van der Waals surface area contributed by atoms with Crippen LogP contribution in [-0.4, -0.2) is 41.2 Å². The Morgan fingerprint density at radius 2 is 2.05 bits per heavy atom. The minimum atomic E-state index is 0.138. The van der Waals surface area contributed by atoms with Crippen LogP contribution in [-0.2, 0) is 0 Å². The van der Waals surface area contributed by atoms with E-state index in [9.17, 15) is 0 Å². The summed E-state index contributed by atoms with van der Waals surface area (Å²) in [6.45, 7) is 8.07. The van der Waals surface area contributed by atoms with Gasteiger partial charge in [0.2, 0.25) is 11.8 Å². The predicted molar refractivity (Wildman–Crippen MR) is 79.3 cm³/mol. The molecule has 0 spiro atoms. The van der Waals surface area contributed by atoms with Crippen LogP contribution in [0.2, 0.25) is 0 Å². The summed E-state index contributed by atoms with van der Waals surface area (Å²) in [5, 5.41) is 3.69. The molecule has 5 nitrogen and oxygen atoms in total. The van der Waals surface area contributed by atoms with Gasteiger partial charge >= 0.3 is 0 Å². The molecule has 110 valence electrons. The Bertz CT molecular complexity index is 477. The Labute approximate surface area is 120 Å². The van der Waals surface area contributed by atoms with Crippen LogP contribution in [0.25, 0.3) is 0 Å². The lowest BCUT2D eigenvalue weighted by Gasteiger charge is -2.25. The van der Waals surface area contributed by atoms with Crippen molar-refractivity contribution in [2.75, 3.05) is 18.0 Å². The third kappa shape index (κ3) is 3.03. The van der Waals surface area contributed by atoms with E-state index in [-0.39, 0.29) is 6.10 Å². The Morgan fingerprint density at radius 3 is 2.85 bits per heavy atom. The normalized spacial score (nSPS) is 25.9. The fraction of sp³-hybridized carbons (Fsp3) is 0.733. The molecule has 2 aliphatic heterocycles. The molecule has 5 heteroatoms. The maximum Gasteiger partial charge on any atom is 0.228 e. The predicted octanol–water partition coefficient (Wildman–Crippen LogP) is 1.90. The maximum absolute atomic E-state index is 5.73. The van der Waals surface area contributed by atoms with E-state index >= 15 is 0 Å². The fourth-order valence-electron chi connectivity index (χ4n) is 3.09. The van der Waals surface area contributed by atoms with Crippen LogP contribution in [0.1, 0.15) is 38.8 Å². The quantitative estimate of drug-likeness (QED) is 0.914. The number of ether oxygens (including phenoxy) is 1. The van der Waals surface area contributed by atoms with Crippen molar-refractivity contribution in [3.05, 3.63) is 11.8 Å². The van der Waals surface area contributed by atoms with Crippen LogP contribution >= 0.6 is 0 Å². The van der Waals surface area contributed by atoms with Crippen molar-refractivity contribution in [1.29, 1.82) is 0 Å². The molecule has 2 fully saturated rings. The summed E-state index contributed by atoms with van der Waals surface area (Å²) >= 11 is 0. The van der Waals surface area contributed by atoms with Crippen LogP contribution in [0.3, 0.4) is 0 Å². The van der Waals surface area contributed by atoms with Gasteiger partial charge in [0, 0.05) is 36.9 Å². The van der Waals surface area contributed by atoms with Gasteiger partial charge in [-0.3, -0.25) is 0 Å². The van der Waals surface area contributed by atoms with Crippen LogP contribution in [0, 0.1) is 6.92 Å². The maximum atomic E-state index is 5.73. The van der Waals surface area contributed by atoms with Crippen LogP contribution in [0.5, 0.6) is 5.88 Å². The molecule has 0 aromatic carbocycles. The van der Waals surface area contributed by atoms with Gasteiger partial charge in [0.15, 0.2) is 0 Å². The fourth-order valence-corrected chi connectivity index (χ4v) is 3.09. The SMILES string of the molecule is Cc1cc(OC(C)C)nc(N2CCC3CCC(C2)N3)n1. The number of rotatable bonds is 3. The number of hydrogen-bond donors (Lipinski definition) is 1. The molecule has 2 aliphatic rings. The molecule has 2 atom stereocenters. The summed E-state index contributed by atoms with van der Waals surface area (Å²) in [7, 11) is 0. The van der Waals surface area contributed by atoms with Crippen molar-refractivity contribution in [2.24, 2.45) is 0 Å². The molecule has 3 rings (SSSR count). The molecule has 0 amide bonds. The highest BCUT2D eigenvalue weighted by Gasteiger charge is 2.30. The van der Waals surface area contributed by atoms with Crippen LogP contribution in [0.4, 0.5) is 5.95 Å². The summed E-state index contributed by atoms with van der Waals surface area (Å²) in [6.07, 6.45) is 3.89. The zero-order chi connectivity index (χ0) is 14.1. The first-order valence-corrected chi connectivity index (χ1v) is 7.63. The number of nitrogens with one attached hydrogen (secondary N) is 1. The Kier molecular flexibility index (Phi) is 3.78. The van der Waals surface area contributed by atoms with E-state index in [1.54, 1.807) is 0 Å². The van der Waals surface area contributed by atoms with Crippen molar-refractivity contribution in [3.8, 4) is 5.88 Å². The van der Waals surface area contributed by atoms with E-state index in [0.29, 0.717) is 18.0 Å². The Hall–Kier alpha value is -1.36. The van der Waals surface area contributed by atoms with Crippen LogP contribution < -0.4 is 15.0 Å². The first-order chi connectivity index (χ1) is 9.60. The number of fused-ring (bicyclic) bond motifs is 2. The van der Waals surface area contributed by atoms with E-state index in [2.05, 4.69) is 20.2 Å². The van der Waals surface area contributed by atoms with Crippen molar-refractivity contribution in [3.63, 3.8) is 0 Å². The van der Waals surface area contributed by atoms with Gasteiger partial charge in [-0.2, -0.15) is 4.98 Å². The molecule has 0 aliphatic carbocycles. The molecule has 0 radical (unpaired) electrons. The number of nitrogens with zero attached hydrogens (tertiary/aromatic N) is 3. The third-order valence-electron chi connectivity index (χ3n) is 3.98. The molecule has 1 aromatic rings. The summed E-state index contributed by atoms with van der Waals surface area (Å²) < 4.78 is 5.73. The lowest BCUT2D eigenvalue weighted by molar-refractivity contribution is 0.232. The zero-order valence-corrected chi connectivity index (χ0v) is 12.6. The van der Waals surface area contributed by atoms with Gasteiger partial charge in [0.25, 0.3) is 0 Å². The monoisotopic (exact) mass is 276 g/mol. The van der Waals surface area contributed by atoms with Crippen molar-refractivity contribution < 1.29 is 4.74 Å². The molecule has 0 saturated carbocycles. The van der Waals surface area contributed by atoms with E-state index in [0.717, 1.165) is 24.7 Å². The first kappa shape index (κ1) is 13.6. The Balaban J connectivity index is 1.80. The van der Waals surface area contributed by atoms with Crippen molar-refractivity contribution >= 4 is 5.95 Å². The molecular weight excluding hydrogens is 252 g/mol. The molecule has 20 heavy (non-hydrogen) atoms. The minimum Gasteiger partial charge on any atom is -0.475 e. The average Bonchev–Trinajstić information content (AvgIpc) is 2.67. The Morgan fingerprint density at radius 1 is 1.25 bits per heavy atom. The number of anilines is 1. The van der Waals surface area contributed by atoms with E-state index < -0.39 is 0 Å². The highest BCUT2D eigenvalue weighted by Crippen LogP contribution is 2.24. The number of aryl methyl sites for hydroxylation is 1. The second-order valence-corrected chi connectivity index (χ2v) is 6.19. The zero-order valence-electron chi connectivity index (χ0n) is 12.6. The van der Waals surface area contributed by atoms with Gasteiger partial charge in [-0.25, -0.2) is 4.98 Å². The summed E-state index contributed by atoms with van der Waals surface area (Å²) in [6, 6.07) is 3.17. The molecule has 2 saturated heterocycles. The second-order valence-electron chi connectivity index (χ2n) is 6.19. The van der Waals surface area contributed by atoms with Crippen LogP contribution in [0.15, 0.2) is 6.07 Å². The first-order valence-electron chi connectivity index (χ1n) is 7.63. The molecular formula is C15H24N4O. The van der Waals surface area contributed by atoms with Gasteiger partial charge in [0.1, 0.15) is 0 Å². The van der Waals surface area contributed by atoms with E-state index in [4.69, 9.17) is 4.74 Å². The van der Waals surface area contributed by atoms with Gasteiger partial charge in [-0.05, 0) is 40.0 Å². The lowest BCUT2D eigenvalue weighted by atomic mass is 10.1. The number of aromatic nitrogens is 2. The highest BCUT2D eigenvalue weighted by atomic mass is 16.5. The van der Waals surface area contributed by atoms with Gasteiger partial charge in [0.05, 0.1) is 6.10 Å². The number of hydrogen-bond acceptors (Lipinski definition) is 5. The highest BCUT2D eigenvalue weighted by molar-refractivity contribution is 5.35. The molecule has 2 bridgehead atoms. The van der Waals surface area contributed by atoms with E-state index in [1.807, 2.05) is 26.8 Å². The smallest absolute Gasteiger partial charge is 0.228 e. The molecule has 2 unspecified atom stereocenters. The van der Waals surface area contributed by atoms with Gasteiger partial charge < -0.3 is 15.0 Å². The minimum absolute atomic E-state index is 0.138. The topological polar surface area (TPSA) is 50.3 Å². The van der Waals surface area contributed by atoms with E-state index in [1.165, 1.54) is 19.3 Å². The largest absolute Gasteiger partial charge is 0.475 e. The third-order valence-corrected chi connectivity index (χ3v) is 3.98. The lowest BCUT2D eigenvalue weighted by Crippen LogP contribution is -2.36. The summed E-state index contributed by atoms with van der Waals surface area (Å²) in [5.41, 5.74) is 0.966. The van der Waals surface area contributed by atoms with Gasteiger partial charge in [-0.15, -0.1) is 0 Å². The molecule has 3 heterocycles. The van der Waals surface area contributed by atoms with Gasteiger partial charge in [-0.1, -0.05) is 0 Å². The average molecular weight is 276 g/mol. The van der Waals surface area contributed by atoms with Crippen molar-refractivity contribution in [2.45, 2.75) is 58.2 Å². The molecule has 1 N–H and O–H groups in total. The standard InChI is InChI=1S/C15H24N4O/c1-10(2)20-14-8-11(3)16-15(18-14)19-7-6-12-4-5-13(9-19)17-12/h8,10,12-13,17H,4-7,9H2,1-3H3. The summed E-state index contributed by atoms with van der Waals surface area (Å²) in [4.78, 5) is 11.5. The van der Waals surface area contributed by atoms with Crippen molar-refractivity contribution in [1.82, 2.24) is 15.3 Å². The summed E-state index contributed by atoms with van der Waals surface area (Å²) in [5.74, 6) is 1.50. The second kappa shape index (κ2) is 5.56. The molecule has 1 aromatic heterocycles.